The van der Waals surface area contributed by atoms with E-state index in [-0.39, 0.29) is 23.8 Å². The van der Waals surface area contributed by atoms with E-state index in [2.05, 4.69) is 15.4 Å². The fourth-order valence-electron chi connectivity index (χ4n) is 4.60. The summed E-state index contributed by atoms with van der Waals surface area (Å²) in [6.07, 6.45) is 3.68. The average molecular weight is 530 g/mol. The first-order valence-electron chi connectivity index (χ1n) is 12.5. The number of methoxy groups -OCH3 is 1. The highest BCUT2D eigenvalue weighted by Gasteiger charge is 2.39. The molecule has 1 saturated heterocycles. The number of hydrogen-bond acceptors (Lipinski definition) is 6. The average Bonchev–Trinajstić information content (AvgIpc) is 3.20. The topological polar surface area (TPSA) is 114 Å². The lowest BCUT2D eigenvalue weighted by atomic mass is 10.0. The van der Waals surface area contributed by atoms with Crippen molar-refractivity contribution in [1.29, 1.82) is 0 Å². The second-order valence-electron chi connectivity index (χ2n) is 9.21. The lowest BCUT2D eigenvalue weighted by molar-refractivity contribution is -0.136. The quantitative estimate of drug-likeness (QED) is 0.342. The molecule has 2 aromatic rings. The smallest absolute Gasteiger partial charge is 0.255 e. The second-order valence-corrected chi connectivity index (χ2v) is 9.21. The summed E-state index contributed by atoms with van der Waals surface area (Å²) in [7, 11) is 1.15. The Morgan fingerprint density at radius 2 is 1.82 bits per heavy atom. The van der Waals surface area contributed by atoms with Crippen LogP contribution in [0.4, 0.5) is 8.78 Å². The third kappa shape index (κ3) is 6.09. The summed E-state index contributed by atoms with van der Waals surface area (Å²) < 4.78 is 38.0. The van der Waals surface area contributed by atoms with E-state index in [1.54, 1.807) is 18.2 Å². The van der Waals surface area contributed by atoms with Gasteiger partial charge in [0.05, 0.1) is 13.7 Å². The number of amides is 4. The molecule has 2 aliphatic rings. The standard InChI is InChI=1S/C27H29F2N3O6/c1-37-24-20(28)13-16(14-21(24)29)25(34)30-10-4-2-3-5-11-38-18-6-7-19-17(12-18)15-32(27(19)36)22-8-9-23(33)31-26(22)35/h6-7,12-14,22H,2-5,8-11,15H2,1H3,(H,30,34)(H,31,33,35). The van der Waals surface area contributed by atoms with Gasteiger partial charge in [-0.15, -0.1) is 0 Å². The van der Waals surface area contributed by atoms with Crippen molar-refractivity contribution in [2.24, 2.45) is 0 Å². The number of benzene rings is 2. The Morgan fingerprint density at radius 3 is 2.53 bits per heavy atom. The minimum atomic E-state index is -0.931. The van der Waals surface area contributed by atoms with Crippen LogP contribution >= 0.6 is 0 Å². The summed E-state index contributed by atoms with van der Waals surface area (Å²) in [6.45, 7) is 1.14. The van der Waals surface area contributed by atoms with Gasteiger partial charge in [-0.2, -0.15) is 0 Å². The van der Waals surface area contributed by atoms with Crippen molar-refractivity contribution in [1.82, 2.24) is 15.5 Å². The Labute approximate surface area is 218 Å². The number of nitrogens with one attached hydrogen (secondary N) is 2. The van der Waals surface area contributed by atoms with E-state index in [0.29, 0.717) is 43.9 Å². The molecule has 1 atom stereocenters. The van der Waals surface area contributed by atoms with E-state index >= 15 is 0 Å². The van der Waals surface area contributed by atoms with Gasteiger partial charge in [-0.3, -0.25) is 24.5 Å². The number of hydrogen-bond donors (Lipinski definition) is 2. The third-order valence-electron chi connectivity index (χ3n) is 6.58. The van der Waals surface area contributed by atoms with Gasteiger partial charge in [0.1, 0.15) is 11.8 Å². The van der Waals surface area contributed by atoms with Gasteiger partial charge in [0.25, 0.3) is 11.8 Å². The number of halogens is 2. The Bertz CT molecular complexity index is 1230. The first kappa shape index (κ1) is 27.0. The van der Waals surface area contributed by atoms with E-state index in [0.717, 1.165) is 44.1 Å². The van der Waals surface area contributed by atoms with Crippen molar-refractivity contribution in [2.75, 3.05) is 20.3 Å². The van der Waals surface area contributed by atoms with Crippen LogP contribution in [0.15, 0.2) is 30.3 Å². The fourth-order valence-corrected chi connectivity index (χ4v) is 4.60. The monoisotopic (exact) mass is 529 g/mol. The van der Waals surface area contributed by atoms with Gasteiger partial charge in [0.2, 0.25) is 11.8 Å². The lowest BCUT2D eigenvalue weighted by Crippen LogP contribution is -2.52. The van der Waals surface area contributed by atoms with Crippen LogP contribution < -0.4 is 20.1 Å². The molecule has 0 saturated carbocycles. The molecular weight excluding hydrogens is 500 g/mol. The van der Waals surface area contributed by atoms with Crippen molar-refractivity contribution >= 4 is 23.6 Å². The minimum Gasteiger partial charge on any atom is -0.494 e. The molecule has 9 nitrogen and oxygen atoms in total. The summed E-state index contributed by atoms with van der Waals surface area (Å²) in [6, 6.07) is 6.46. The Kier molecular flexibility index (Phi) is 8.55. The number of imide groups is 1. The molecule has 38 heavy (non-hydrogen) atoms. The highest BCUT2D eigenvalue weighted by Crippen LogP contribution is 2.30. The number of carbonyl (C=O) groups excluding carboxylic acids is 4. The number of carbonyl (C=O) groups is 4. The molecule has 1 unspecified atom stereocenters. The van der Waals surface area contributed by atoms with Crippen LogP contribution in [0.5, 0.6) is 11.5 Å². The molecule has 11 heteroatoms. The van der Waals surface area contributed by atoms with Crippen molar-refractivity contribution in [3.8, 4) is 11.5 Å². The molecule has 202 valence electrons. The maximum atomic E-state index is 13.8. The van der Waals surface area contributed by atoms with E-state index in [1.165, 1.54) is 4.90 Å². The normalized spacial score (nSPS) is 16.8. The summed E-state index contributed by atoms with van der Waals surface area (Å²) in [5, 5.41) is 4.94. The molecule has 2 N–H and O–H groups in total. The van der Waals surface area contributed by atoms with Gasteiger partial charge in [-0.25, -0.2) is 8.78 Å². The lowest BCUT2D eigenvalue weighted by Gasteiger charge is -2.29. The zero-order valence-corrected chi connectivity index (χ0v) is 21.0. The number of ether oxygens (including phenoxy) is 2. The molecule has 0 bridgehead atoms. The van der Waals surface area contributed by atoms with Crippen molar-refractivity contribution in [3.63, 3.8) is 0 Å². The first-order chi connectivity index (χ1) is 18.3. The summed E-state index contributed by atoms with van der Waals surface area (Å²) in [5.41, 5.74) is 1.21. The van der Waals surface area contributed by atoms with Crippen LogP contribution in [-0.2, 0) is 16.1 Å². The molecule has 4 amide bonds. The summed E-state index contributed by atoms with van der Waals surface area (Å²) >= 11 is 0. The first-order valence-corrected chi connectivity index (χ1v) is 12.5. The number of fused-ring (bicyclic) bond motifs is 1. The van der Waals surface area contributed by atoms with E-state index in [1.807, 2.05) is 0 Å². The van der Waals surface area contributed by atoms with Crippen molar-refractivity contribution < 1.29 is 37.4 Å². The molecule has 0 aliphatic carbocycles. The number of nitrogens with zero attached hydrogens (tertiary/aromatic N) is 1. The third-order valence-corrected chi connectivity index (χ3v) is 6.58. The van der Waals surface area contributed by atoms with Gasteiger partial charge in [0.15, 0.2) is 17.4 Å². The van der Waals surface area contributed by atoms with Gasteiger partial charge < -0.3 is 19.7 Å². The molecular formula is C27H29F2N3O6. The SMILES string of the molecule is COc1c(F)cc(C(=O)NCCCCCCOc2ccc3c(c2)CN(C2CCC(=O)NC2=O)C3=O)cc1F. The molecule has 2 aromatic carbocycles. The number of rotatable bonds is 11. The Balaban J connectivity index is 1.14. The fraction of sp³-hybridized carbons (Fsp3) is 0.407. The van der Waals surface area contributed by atoms with Crippen LogP contribution in [0.3, 0.4) is 0 Å². The zero-order valence-electron chi connectivity index (χ0n) is 21.0. The molecule has 0 radical (unpaired) electrons. The van der Waals surface area contributed by atoms with Crippen LogP contribution in [0.1, 0.15) is 64.8 Å². The summed E-state index contributed by atoms with van der Waals surface area (Å²) in [4.78, 5) is 49.9. The molecule has 0 aromatic heterocycles. The molecule has 2 heterocycles. The van der Waals surface area contributed by atoms with E-state index in [4.69, 9.17) is 4.74 Å². The van der Waals surface area contributed by atoms with Crippen LogP contribution in [0.25, 0.3) is 0 Å². The minimum absolute atomic E-state index is 0.106. The van der Waals surface area contributed by atoms with E-state index in [9.17, 15) is 28.0 Å². The van der Waals surface area contributed by atoms with Gasteiger partial charge >= 0.3 is 0 Å². The molecule has 2 aliphatic heterocycles. The highest BCUT2D eigenvalue weighted by molar-refractivity contribution is 6.05. The largest absolute Gasteiger partial charge is 0.494 e. The maximum Gasteiger partial charge on any atom is 0.255 e. The number of piperidine rings is 1. The zero-order chi connectivity index (χ0) is 27.2. The second kappa shape index (κ2) is 12.0. The molecule has 4 rings (SSSR count). The van der Waals surface area contributed by atoms with Crippen molar-refractivity contribution in [3.05, 3.63) is 58.7 Å². The Hall–Kier alpha value is -4.02. The highest BCUT2D eigenvalue weighted by atomic mass is 19.1. The van der Waals surface area contributed by atoms with Crippen LogP contribution in [-0.4, -0.2) is 54.8 Å². The predicted octanol–water partition coefficient (Wildman–Crippen LogP) is 3.10. The maximum absolute atomic E-state index is 13.8. The van der Waals surface area contributed by atoms with Gasteiger partial charge in [-0.05, 0) is 55.2 Å². The molecule has 0 spiro atoms. The van der Waals surface area contributed by atoms with Gasteiger partial charge in [-0.1, -0.05) is 12.8 Å². The number of unbranched alkanes of at least 4 members (excludes halogenated alkanes) is 3. The van der Waals surface area contributed by atoms with Crippen LogP contribution in [0, 0.1) is 11.6 Å². The summed E-state index contributed by atoms with van der Waals surface area (Å²) in [5.74, 6) is -3.30. The van der Waals surface area contributed by atoms with Crippen molar-refractivity contribution in [2.45, 2.75) is 51.1 Å². The van der Waals surface area contributed by atoms with E-state index < -0.39 is 35.2 Å². The molecule has 1 fully saturated rings. The predicted molar refractivity (Wildman–Crippen MR) is 132 cm³/mol. The van der Waals surface area contributed by atoms with Gasteiger partial charge in [0, 0.05) is 30.6 Å². The Morgan fingerprint density at radius 1 is 1.08 bits per heavy atom. The van der Waals surface area contributed by atoms with Crippen LogP contribution in [0.2, 0.25) is 0 Å².